The monoisotopic (exact) mass is 857 g/mol. The lowest BCUT2D eigenvalue weighted by Crippen LogP contribution is -2.48. The van der Waals surface area contributed by atoms with Gasteiger partial charge in [-0.3, -0.25) is 25.2 Å². The highest BCUT2D eigenvalue weighted by Crippen LogP contribution is 2.40. The molecular formula is C39H41F6N11O5. The van der Waals surface area contributed by atoms with Gasteiger partial charge in [0.05, 0.1) is 23.5 Å². The third kappa shape index (κ3) is 10.7. The van der Waals surface area contributed by atoms with E-state index in [-0.39, 0.29) is 41.7 Å². The zero-order chi connectivity index (χ0) is 44.1. The first-order chi connectivity index (χ1) is 28.9. The number of aromatic carboxylic acids is 1. The average molecular weight is 858 g/mol. The lowest BCUT2D eigenvalue weighted by molar-refractivity contribution is -0.138. The Morgan fingerprint density at radius 2 is 1.20 bits per heavy atom. The van der Waals surface area contributed by atoms with Gasteiger partial charge in [-0.15, -0.1) is 0 Å². The highest BCUT2D eigenvalue weighted by atomic mass is 19.4. The Hall–Kier alpha value is -6.74. The number of rotatable bonds is 6. The molecule has 0 saturated carbocycles. The minimum Gasteiger partial charge on any atom is -0.477 e. The standard InChI is InChI=1S/C19H19F3N6O2.C16H15N5O3.C4H7F3/c1-26(11-19(20,21)22)17(29)13-5-6-14-16(24-13)28(12-7-9-27(14)10-12)18(30)25-15-4-2-3-8-23-15;22-15(23)11-4-5-12-14(18-11)21(10-6-8-20(12)9-10)16(24)19-13-3-1-2-7-17-13;1-2-3-4(5,6)7/h2-6,8,12H,7,9-11H2,1H3,(H,23,25,30);1-5,7,10H,6,8-9H2,(H,22,23)(H,17,19,24);2-3H2,1H3/t12-;10-;/m00./s1. The van der Waals surface area contributed by atoms with Crippen LogP contribution < -0.4 is 30.2 Å². The molecule has 4 aromatic heterocycles. The molecule has 0 aromatic carbocycles. The van der Waals surface area contributed by atoms with Crippen molar-refractivity contribution in [3.05, 3.63) is 84.4 Å². The van der Waals surface area contributed by atoms with E-state index in [9.17, 15) is 50.6 Å². The van der Waals surface area contributed by atoms with E-state index in [1.807, 2.05) is 4.90 Å². The number of halogens is 6. The summed E-state index contributed by atoms with van der Waals surface area (Å²) >= 11 is 0. The van der Waals surface area contributed by atoms with Crippen molar-refractivity contribution in [3.8, 4) is 0 Å². The number of carboxylic acid groups (broad SMARTS) is 1. The van der Waals surface area contributed by atoms with E-state index in [2.05, 4.69) is 35.5 Å². The Morgan fingerprint density at radius 3 is 1.59 bits per heavy atom. The number of amides is 5. The second-order valence-electron chi connectivity index (χ2n) is 14.3. The Morgan fingerprint density at radius 1 is 0.721 bits per heavy atom. The molecule has 0 radical (unpaired) electrons. The van der Waals surface area contributed by atoms with Crippen molar-refractivity contribution in [1.82, 2.24) is 24.8 Å². The van der Waals surface area contributed by atoms with E-state index in [0.717, 1.165) is 32.2 Å². The van der Waals surface area contributed by atoms with Gasteiger partial charge >= 0.3 is 30.4 Å². The van der Waals surface area contributed by atoms with Crippen molar-refractivity contribution in [1.29, 1.82) is 0 Å². The fourth-order valence-electron chi connectivity index (χ4n) is 7.21. The highest BCUT2D eigenvalue weighted by molar-refractivity contribution is 6.06. The number of alkyl halides is 6. The van der Waals surface area contributed by atoms with Crippen LogP contribution in [0.25, 0.3) is 0 Å². The van der Waals surface area contributed by atoms with Crippen LogP contribution in [-0.2, 0) is 0 Å². The molecule has 8 heterocycles. The van der Waals surface area contributed by atoms with Gasteiger partial charge < -0.3 is 19.8 Å². The van der Waals surface area contributed by atoms with Crippen LogP contribution in [0.3, 0.4) is 0 Å². The summed E-state index contributed by atoms with van der Waals surface area (Å²) in [5.41, 5.74) is 1.21. The van der Waals surface area contributed by atoms with Gasteiger partial charge in [0.15, 0.2) is 17.3 Å². The van der Waals surface area contributed by atoms with Crippen LogP contribution in [0, 0.1) is 0 Å². The molecule has 324 valence electrons. The Labute approximate surface area is 345 Å². The number of nitrogens with one attached hydrogen (secondary N) is 2. The molecule has 8 rings (SSSR count). The van der Waals surface area contributed by atoms with Gasteiger partial charge in [0.25, 0.3) is 5.91 Å². The maximum Gasteiger partial charge on any atom is 0.406 e. The lowest BCUT2D eigenvalue weighted by atomic mass is 10.1. The summed E-state index contributed by atoms with van der Waals surface area (Å²) in [5.74, 6) is -0.537. The van der Waals surface area contributed by atoms with Crippen LogP contribution in [-0.4, -0.2) is 118 Å². The number of carbonyl (C=O) groups excluding carboxylic acids is 3. The van der Waals surface area contributed by atoms with E-state index in [1.54, 1.807) is 65.8 Å². The molecule has 4 aromatic rings. The number of anilines is 6. The molecule has 61 heavy (non-hydrogen) atoms. The topological polar surface area (TPSA) is 180 Å². The minimum absolute atomic E-state index is 0.0299. The Balaban J connectivity index is 0.000000180. The zero-order valence-electron chi connectivity index (χ0n) is 32.8. The fraction of sp³-hybridized carbons (Fsp3) is 0.385. The zero-order valence-corrected chi connectivity index (χ0v) is 32.8. The van der Waals surface area contributed by atoms with Gasteiger partial charge in [0.2, 0.25) is 0 Å². The first-order valence-electron chi connectivity index (χ1n) is 19.1. The quantitative estimate of drug-likeness (QED) is 0.172. The maximum atomic E-state index is 13.0. The second kappa shape index (κ2) is 18.3. The summed E-state index contributed by atoms with van der Waals surface area (Å²) in [4.78, 5) is 73.9. The Bertz CT molecular complexity index is 2220. The number of carboxylic acids is 1. The third-order valence-electron chi connectivity index (χ3n) is 9.88. The predicted molar refractivity (Wildman–Crippen MR) is 212 cm³/mol. The van der Waals surface area contributed by atoms with Gasteiger partial charge in [-0.2, -0.15) is 26.3 Å². The molecule has 4 bridgehead atoms. The van der Waals surface area contributed by atoms with E-state index in [0.29, 0.717) is 47.6 Å². The summed E-state index contributed by atoms with van der Waals surface area (Å²) in [5, 5.41) is 14.7. The van der Waals surface area contributed by atoms with E-state index in [4.69, 9.17) is 0 Å². The van der Waals surface area contributed by atoms with Gasteiger partial charge in [-0.25, -0.2) is 34.3 Å². The van der Waals surface area contributed by atoms with E-state index < -0.39 is 43.2 Å². The summed E-state index contributed by atoms with van der Waals surface area (Å²) in [6, 6.07) is 15.5. The largest absolute Gasteiger partial charge is 0.477 e. The van der Waals surface area contributed by atoms with Crippen LogP contribution in [0.15, 0.2) is 73.1 Å². The molecular weight excluding hydrogens is 816 g/mol. The summed E-state index contributed by atoms with van der Waals surface area (Å²) in [6.07, 6.45) is -4.28. The van der Waals surface area contributed by atoms with Gasteiger partial charge in [0, 0.05) is 52.0 Å². The molecule has 5 amide bonds. The minimum atomic E-state index is -4.52. The predicted octanol–water partition coefficient (Wildman–Crippen LogP) is 6.90. The molecule has 22 heteroatoms. The van der Waals surface area contributed by atoms with Crippen LogP contribution in [0.1, 0.15) is 53.6 Å². The molecule has 4 aliphatic rings. The van der Waals surface area contributed by atoms with Gasteiger partial charge in [-0.05, 0) is 67.8 Å². The number of hydrogen-bond donors (Lipinski definition) is 3. The van der Waals surface area contributed by atoms with E-state index in [1.165, 1.54) is 24.0 Å². The summed E-state index contributed by atoms with van der Waals surface area (Å²) in [6.45, 7) is 2.99. The molecule has 4 aliphatic heterocycles. The molecule has 2 saturated heterocycles. The molecule has 16 nitrogen and oxygen atoms in total. The van der Waals surface area contributed by atoms with Crippen LogP contribution in [0.5, 0.6) is 0 Å². The fourth-order valence-corrected chi connectivity index (χ4v) is 7.21. The number of carbonyl (C=O) groups is 4. The van der Waals surface area contributed by atoms with Crippen molar-refractivity contribution >= 4 is 58.6 Å². The number of fused-ring (bicyclic) bond motifs is 8. The van der Waals surface area contributed by atoms with Crippen molar-refractivity contribution < 1.29 is 50.6 Å². The molecule has 0 unspecified atom stereocenters. The van der Waals surface area contributed by atoms with Crippen molar-refractivity contribution in [3.63, 3.8) is 0 Å². The SMILES string of the molecule is CCCC(F)(F)F.CN(CC(F)(F)F)C(=O)c1ccc2c(n1)N(C(=O)Nc1ccccn1)[C@H]1CCN2C1.O=C(O)c1ccc2c(n1)N(C(=O)Nc1ccccn1)[C@H]1CCN2C1. The average Bonchev–Trinajstić information content (AvgIpc) is 3.83. The first-order valence-corrected chi connectivity index (χ1v) is 19.1. The Kier molecular flexibility index (Phi) is 13.1. The maximum absolute atomic E-state index is 13.0. The van der Waals surface area contributed by atoms with Crippen molar-refractivity contribution in [2.24, 2.45) is 0 Å². The summed E-state index contributed by atoms with van der Waals surface area (Å²) < 4.78 is 71.1. The van der Waals surface area contributed by atoms with Crippen LogP contribution in [0.4, 0.5) is 70.6 Å². The molecule has 0 spiro atoms. The number of aromatic nitrogens is 4. The van der Waals surface area contributed by atoms with Gasteiger partial charge in [-0.1, -0.05) is 19.1 Å². The number of pyridine rings is 4. The smallest absolute Gasteiger partial charge is 0.406 e. The summed E-state index contributed by atoms with van der Waals surface area (Å²) in [7, 11) is 1.07. The van der Waals surface area contributed by atoms with Gasteiger partial charge in [0.1, 0.15) is 23.9 Å². The molecule has 3 N–H and O–H groups in total. The molecule has 2 fully saturated rings. The lowest BCUT2D eigenvalue weighted by Gasteiger charge is -2.35. The number of nitrogens with zero attached hydrogens (tertiary/aromatic N) is 9. The van der Waals surface area contributed by atoms with Crippen LogP contribution in [0.2, 0.25) is 0 Å². The molecule has 2 atom stereocenters. The second-order valence-corrected chi connectivity index (χ2v) is 14.3. The highest BCUT2D eigenvalue weighted by Gasteiger charge is 2.42. The van der Waals surface area contributed by atoms with Crippen LogP contribution >= 0.6 is 0 Å². The normalized spacial score (nSPS) is 17.2. The van der Waals surface area contributed by atoms with Crippen molar-refractivity contribution in [2.45, 2.75) is 57.0 Å². The number of hydrogen-bond acceptors (Lipinski definition) is 10. The number of urea groups is 2. The van der Waals surface area contributed by atoms with Crippen molar-refractivity contribution in [2.75, 3.05) is 70.0 Å². The van der Waals surface area contributed by atoms with E-state index >= 15 is 0 Å². The third-order valence-corrected chi connectivity index (χ3v) is 9.88. The first kappa shape index (κ1) is 43.8. The molecule has 0 aliphatic carbocycles.